The topological polar surface area (TPSA) is 23.1 Å². The average Bonchev–Trinajstić information content (AvgIpc) is 1.35. The quantitative estimate of drug-likeness (QED) is 0.445. The zero-order chi connectivity index (χ0) is 5.21. The Labute approximate surface area is 40.1 Å². The average molecular weight is 103 g/mol. The maximum absolute atomic E-state index is 10.6. The molecule has 0 amide bonds. The lowest BCUT2D eigenvalue weighted by Crippen LogP contribution is -2.41. The van der Waals surface area contributed by atoms with Crippen LogP contribution >= 0.6 is 0 Å². The van der Waals surface area contributed by atoms with Gasteiger partial charge in [0.25, 0.3) is 0 Å². The van der Waals surface area contributed by atoms with Gasteiger partial charge in [-0.25, -0.2) is 0 Å². The first kappa shape index (κ1) is 6.18. The summed E-state index contributed by atoms with van der Waals surface area (Å²) in [6, 6.07) is 0.854. The largest absolute Gasteiger partial charge is 0.859 e. The van der Waals surface area contributed by atoms with E-state index in [2.05, 4.69) is 0 Å². The molecule has 0 saturated carbocycles. The zero-order valence-corrected chi connectivity index (χ0v) is 5.62. The molecule has 0 fully saturated rings. The van der Waals surface area contributed by atoms with E-state index in [-0.39, 0.29) is 0 Å². The van der Waals surface area contributed by atoms with E-state index in [1.165, 1.54) is 0 Å². The molecule has 0 atom stereocenters. The first-order chi connectivity index (χ1) is 2.56. The summed E-state index contributed by atoms with van der Waals surface area (Å²) in [5, 5.41) is 0. The second-order valence-corrected chi connectivity index (χ2v) is 6.34. The molecular weight excluding hydrogens is 92.1 g/mol. The SMILES string of the molecule is CC[Si](C)(C)[O-]. The molecule has 0 aromatic heterocycles. The summed E-state index contributed by atoms with van der Waals surface area (Å²) in [5.74, 6) is 0. The van der Waals surface area contributed by atoms with Gasteiger partial charge < -0.3 is 4.80 Å². The molecule has 0 unspecified atom stereocenters. The van der Waals surface area contributed by atoms with Gasteiger partial charge in [0.2, 0.25) is 0 Å². The van der Waals surface area contributed by atoms with Crippen LogP contribution in [0.1, 0.15) is 6.92 Å². The van der Waals surface area contributed by atoms with Crippen molar-refractivity contribution < 1.29 is 4.80 Å². The summed E-state index contributed by atoms with van der Waals surface area (Å²) < 4.78 is 0. The predicted molar refractivity (Wildman–Crippen MR) is 28.0 cm³/mol. The lowest BCUT2D eigenvalue weighted by atomic mass is 11.0. The van der Waals surface area contributed by atoms with Crippen molar-refractivity contribution in [3.8, 4) is 0 Å². The summed E-state index contributed by atoms with van der Waals surface area (Å²) in [4.78, 5) is 10.6. The van der Waals surface area contributed by atoms with Gasteiger partial charge in [0.05, 0.1) is 0 Å². The highest BCUT2D eigenvalue weighted by Crippen LogP contribution is 1.95. The van der Waals surface area contributed by atoms with E-state index in [1.807, 2.05) is 20.0 Å². The van der Waals surface area contributed by atoms with E-state index in [1.54, 1.807) is 0 Å². The van der Waals surface area contributed by atoms with Crippen LogP contribution in [0.3, 0.4) is 0 Å². The molecule has 0 aliphatic carbocycles. The molecule has 0 rings (SSSR count). The Kier molecular flexibility index (Phi) is 1.81. The van der Waals surface area contributed by atoms with E-state index >= 15 is 0 Å². The van der Waals surface area contributed by atoms with Gasteiger partial charge in [0.1, 0.15) is 0 Å². The first-order valence-electron chi connectivity index (χ1n) is 2.26. The monoisotopic (exact) mass is 103 g/mol. The van der Waals surface area contributed by atoms with Gasteiger partial charge >= 0.3 is 0 Å². The van der Waals surface area contributed by atoms with Crippen LogP contribution in [0.25, 0.3) is 0 Å². The lowest BCUT2D eigenvalue weighted by Gasteiger charge is -2.26. The van der Waals surface area contributed by atoms with Crippen molar-refractivity contribution in [1.29, 1.82) is 0 Å². The van der Waals surface area contributed by atoms with Crippen molar-refractivity contribution in [3.05, 3.63) is 0 Å². The minimum absolute atomic E-state index is 0.854. The third-order valence-corrected chi connectivity index (χ3v) is 2.55. The summed E-state index contributed by atoms with van der Waals surface area (Å²) in [6.45, 7) is 5.61. The molecule has 2 heteroatoms. The fourth-order valence-corrected chi connectivity index (χ4v) is 0. The van der Waals surface area contributed by atoms with Crippen LogP contribution in [0.4, 0.5) is 0 Å². The molecule has 0 aromatic carbocycles. The van der Waals surface area contributed by atoms with Gasteiger partial charge in [-0.05, 0) is 0 Å². The highest BCUT2D eigenvalue weighted by Gasteiger charge is 1.95. The Balaban J connectivity index is 3.17. The first-order valence-corrected chi connectivity index (χ1v) is 5.38. The maximum atomic E-state index is 10.6. The van der Waals surface area contributed by atoms with Gasteiger partial charge in [0, 0.05) is 0 Å². The third kappa shape index (κ3) is 4.18. The van der Waals surface area contributed by atoms with Gasteiger partial charge in [-0.3, -0.25) is 0 Å². The van der Waals surface area contributed by atoms with E-state index in [0.29, 0.717) is 0 Å². The standard InChI is InChI=1S/C4H11OSi/c1-4-6(2,3)5/h4H2,1-3H3/q-1. The van der Waals surface area contributed by atoms with Crippen LogP contribution in [0.5, 0.6) is 0 Å². The van der Waals surface area contributed by atoms with Crippen LogP contribution < -0.4 is 4.80 Å². The molecule has 0 heterocycles. The third-order valence-electron chi connectivity index (χ3n) is 0.851. The smallest absolute Gasteiger partial charge is 0.0541 e. The Morgan fingerprint density at radius 1 is 1.50 bits per heavy atom. The predicted octanol–water partition coefficient (Wildman–Crippen LogP) is 0.572. The van der Waals surface area contributed by atoms with Crippen molar-refractivity contribution >= 4 is 8.32 Å². The summed E-state index contributed by atoms with van der Waals surface area (Å²) in [7, 11) is -1.88. The van der Waals surface area contributed by atoms with Crippen molar-refractivity contribution in [1.82, 2.24) is 0 Å². The molecule has 38 valence electrons. The highest BCUT2D eigenvalue weighted by molar-refractivity contribution is 6.67. The zero-order valence-electron chi connectivity index (χ0n) is 4.62. The summed E-state index contributed by atoms with van der Waals surface area (Å²) in [5.41, 5.74) is 0. The molecule has 0 bridgehead atoms. The van der Waals surface area contributed by atoms with E-state index in [9.17, 15) is 4.80 Å². The van der Waals surface area contributed by atoms with Crippen LogP contribution in [-0.4, -0.2) is 8.32 Å². The van der Waals surface area contributed by atoms with Crippen molar-refractivity contribution in [3.63, 3.8) is 0 Å². The number of rotatable bonds is 1. The minimum atomic E-state index is -1.88. The van der Waals surface area contributed by atoms with Crippen LogP contribution in [-0.2, 0) is 0 Å². The van der Waals surface area contributed by atoms with Gasteiger partial charge in [-0.1, -0.05) is 34.4 Å². The molecular formula is C4H11OSi-. The number of hydrogen-bond acceptors (Lipinski definition) is 1. The normalized spacial score (nSPS) is 12.0. The molecule has 0 N–H and O–H groups in total. The highest BCUT2D eigenvalue weighted by atomic mass is 28.4. The van der Waals surface area contributed by atoms with Gasteiger partial charge in [-0.15, -0.1) is 0 Å². The van der Waals surface area contributed by atoms with E-state index in [4.69, 9.17) is 0 Å². The molecule has 0 radical (unpaired) electrons. The second-order valence-electron chi connectivity index (χ2n) is 2.11. The van der Waals surface area contributed by atoms with Crippen molar-refractivity contribution in [2.75, 3.05) is 0 Å². The molecule has 0 aliphatic rings. The molecule has 0 aromatic rings. The van der Waals surface area contributed by atoms with Crippen LogP contribution in [0.15, 0.2) is 0 Å². The van der Waals surface area contributed by atoms with Crippen LogP contribution in [0, 0.1) is 0 Å². The minimum Gasteiger partial charge on any atom is -0.859 e. The van der Waals surface area contributed by atoms with E-state index < -0.39 is 8.32 Å². The van der Waals surface area contributed by atoms with Crippen LogP contribution in [0.2, 0.25) is 19.1 Å². The summed E-state index contributed by atoms with van der Waals surface area (Å²) in [6.07, 6.45) is 0. The Morgan fingerprint density at radius 3 is 1.67 bits per heavy atom. The maximum Gasteiger partial charge on any atom is -0.0541 e. The summed E-state index contributed by atoms with van der Waals surface area (Å²) >= 11 is 0. The second kappa shape index (κ2) is 1.75. The molecule has 0 saturated heterocycles. The Morgan fingerprint density at radius 2 is 1.67 bits per heavy atom. The van der Waals surface area contributed by atoms with Gasteiger partial charge in [0.15, 0.2) is 0 Å². The fourth-order valence-electron chi connectivity index (χ4n) is 0. The molecule has 0 aliphatic heterocycles. The Bertz CT molecular complexity index is 37.3. The fraction of sp³-hybridized carbons (Fsp3) is 1.00. The van der Waals surface area contributed by atoms with Crippen molar-refractivity contribution in [2.45, 2.75) is 26.1 Å². The van der Waals surface area contributed by atoms with Crippen molar-refractivity contribution in [2.24, 2.45) is 0 Å². The molecule has 1 nitrogen and oxygen atoms in total. The van der Waals surface area contributed by atoms with Gasteiger partial charge in [-0.2, -0.15) is 0 Å². The Hall–Kier alpha value is 0.177. The molecule has 6 heavy (non-hydrogen) atoms. The lowest BCUT2D eigenvalue weighted by molar-refractivity contribution is -0.205. The molecule has 0 spiro atoms. The van der Waals surface area contributed by atoms with E-state index in [0.717, 1.165) is 6.04 Å². The number of hydrogen-bond donors (Lipinski definition) is 0.